The third kappa shape index (κ3) is 3.93. The third-order valence-corrected chi connectivity index (χ3v) is 8.47. The van der Waals surface area contributed by atoms with Crippen molar-refractivity contribution in [3.05, 3.63) is 55.1 Å². The molecule has 202 valence electrons. The smallest absolute Gasteiger partial charge is 0.312 e. The third-order valence-electron chi connectivity index (χ3n) is 8.47. The summed E-state index contributed by atoms with van der Waals surface area (Å²) in [4.78, 5) is 44.9. The summed E-state index contributed by atoms with van der Waals surface area (Å²) in [5, 5.41) is 12.4. The first-order valence-corrected chi connectivity index (χ1v) is 13.5. The van der Waals surface area contributed by atoms with E-state index in [9.17, 15) is 19.5 Å². The van der Waals surface area contributed by atoms with Gasteiger partial charge in [-0.1, -0.05) is 50.3 Å². The molecule has 5 rings (SSSR count). The standard InChI is InChI=1S/C30H36N2O6/c1-5-15-31(21-12-11-19-9-7-8-10-20(19)16-21)28(35)26-30-14-13-23(38-30)24(29(36)37-6-2)25(30)27(34)32(26)22(17-33)18(3)4/h5,7-12,16,18,22-26,33H,1,6,13-15,17H2,2-4H3/t22-,23-,24+,25+,26-,30+/m0/s1. The number of benzene rings is 2. The van der Waals surface area contributed by atoms with Gasteiger partial charge in [0.1, 0.15) is 11.6 Å². The average molecular weight is 521 g/mol. The summed E-state index contributed by atoms with van der Waals surface area (Å²) >= 11 is 0. The lowest BCUT2D eigenvalue weighted by Crippen LogP contribution is -2.59. The first-order valence-electron chi connectivity index (χ1n) is 13.5. The number of ether oxygens (including phenoxy) is 2. The lowest BCUT2D eigenvalue weighted by molar-refractivity contribution is -0.155. The Bertz CT molecular complexity index is 1260. The number of fused-ring (bicyclic) bond motifs is 2. The van der Waals surface area contributed by atoms with E-state index in [1.807, 2.05) is 56.3 Å². The number of rotatable bonds is 9. The van der Waals surface area contributed by atoms with Crippen molar-refractivity contribution in [2.24, 2.45) is 17.8 Å². The quantitative estimate of drug-likeness (QED) is 0.403. The summed E-state index contributed by atoms with van der Waals surface area (Å²) in [5.41, 5.74) is -0.477. The van der Waals surface area contributed by atoms with E-state index in [0.29, 0.717) is 18.5 Å². The van der Waals surface area contributed by atoms with Crippen molar-refractivity contribution in [2.45, 2.75) is 57.4 Å². The van der Waals surface area contributed by atoms with Crippen LogP contribution in [0, 0.1) is 17.8 Å². The molecule has 0 aromatic heterocycles. The fourth-order valence-electron chi connectivity index (χ4n) is 6.80. The Balaban J connectivity index is 1.62. The minimum atomic E-state index is -1.16. The molecule has 8 heteroatoms. The highest BCUT2D eigenvalue weighted by atomic mass is 16.6. The van der Waals surface area contributed by atoms with Crippen LogP contribution in [0.15, 0.2) is 55.1 Å². The van der Waals surface area contributed by atoms with Crippen LogP contribution in [0.1, 0.15) is 33.6 Å². The largest absolute Gasteiger partial charge is 0.466 e. The molecule has 3 fully saturated rings. The number of carbonyl (C=O) groups is 3. The Morgan fingerprint density at radius 3 is 2.66 bits per heavy atom. The van der Waals surface area contributed by atoms with Gasteiger partial charge < -0.3 is 24.4 Å². The van der Waals surface area contributed by atoms with E-state index >= 15 is 0 Å². The molecule has 2 aromatic rings. The van der Waals surface area contributed by atoms with Gasteiger partial charge in [-0.15, -0.1) is 6.58 Å². The number of likely N-dealkylation sites (tertiary alicyclic amines) is 1. The zero-order valence-electron chi connectivity index (χ0n) is 22.2. The number of nitrogens with zero attached hydrogens (tertiary/aromatic N) is 2. The number of aliphatic hydroxyl groups is 1. The molecule has 0 aliphatic carbocycles. The van der Waals surface area contributed by atoms with Crippen molar-refractivity contribution in [2.75, 3.05) is 24.7 Å². The average Bonchev–Trinajstić information content (AvgIpc) is 3.55. The first kappa shape index (κ1) is 26.4. The molecule has 8 nitrogen and oxygen atoms in total. The van der Waals surface area contributed by atoms with Crippen LogP contribution in [0.25, 0.3) is 10.8 Å². The molecule has 2 amide bonds. The van der Waals surface area contributed by atoms with E-state index in [4.69, 9.17) is 9.47 Å². The number of anilines is 1. The summed E-state index contributed by atoms with van der Waals surface area (Å²) in [6.45, 7) is 9.54. The normalized spacial score (nSPS) is 28.6. The predicted octanol–water partition coefficient (Wildman–Crippen LogP) is 3.31. The van der Waals surface area contributed by atoms with E-state index in [1.54, 1.807) is 17.9 Å². The van der Waals surface area contributed by atoms with Crippen LogP contribution in [-0.4, -0.2) is 71.3 Å². The Labute approximate surface area is 223 Å². The van der Waals surface area contributed by atoms with Crippen LogP contribution >= 0.6 is 0 Å². The van der Waals surface area contributed by atoms with Gasteiger partial charge in [-0.05, 0) is 48.6 Å². The molecule has 6 atom stereocenters. The topological polar surface area (TPSA) is 96.4 Å². The van der Waals surface area contributed by atoms with E-state index in [0.717, 1.165) is 10.8 Å². The molecule has 38 heavy (non-hydrogen) atoms. The summed E-state index contributed by atoms with van der Waals surface area (Å²) in [7, 11) is 0. The Morgan fingerprint density at radius 2 is 2.00 bits per heavy atom. The van der Waals surface area contributed by atoms with Crippen LogP contribution in [-0.2, 0) is 23.9 Å². The lowest BCUT2D eigenvalue weighted by atomic mass is 9.70. The molecule has 0 unspecified atom stereocenters. The number of aliphatic hydroxyl groups excluding tert-OH is 1. The van der Waals surface area contributed by atoms with Gasteiger partial charge in [0.05, 0.1) is 37.2 Å². The van der Waals surface area contributed by atoms with Gasteiger partial charge in [0.25, 0.3) is 5.91 Å². The molecule has 1 spiro atoms. The van der Waals surface area contributed by atoms with Gasteiger partial charge in [-0.3, -0.25) is 14.4 Å². The maximum atomic E-state index is 14.6. The van der Waals surface area contributed by atoms with Crippen molar-refractivity contribution < 1.29 is 29.0 Å². The number of esters is 1. The maximum absolute atomic E-state index is 14.6. The monoisotopic (exact) mass is 520 g/mol. The highest BCUT2D eigenvalue weighted by Crippen LogP contribution is 2.59. The molecule has 2 aromatic carbocycles. The van der Waals surface area contributed by atoms with E-state index < -0.39 is 41.6 Å². The van der Waals surface area contributed by atoms with E-state index in [1.165, 1.54) is 4.90 Å². The summed E-state index contributed by atoms with van der Waals surface area (Å²) in [6, 6.07) is 12.1. The van der Waals surface area contributed by atoms with Crippen LogP contribution in [0.2, 0.25) is 0 Å². The van der Waals surface area contributed by atoms with Crippen molar-refractivity contribution in [1.29, 1.82) is 0 Å². The molecule has 3 aliphatic rings. The maximum Gasteiger partial charge on any atom is 0.312 e. The van der Waals surface area contributed by atoms with Crippen LogP contribution < -0.4 is 4.90 Å². The van der Waals surface area contributed by atoms with Crippen molar-refractivity contribution in [3.63, 3.8) is 0 Å². The molecule has 2 bridgehead atoms. The molecule has 0 saturated carbocycles. The van der Waals surface area contributed by atoms with Gasteiger partial charge in [0.15, 0.2) is 0 Å². The minimum absolute atomic E-state index is 0.124. The van der Waals surface area contributed by atoms with Crippen molar-refractivity contribution in [1.82, 2.24) is 4.90 Å². The Kier molecular flexibility index (Phi) is 7.05. The second-order valence-electron chi connectivity index (χ2n) is 10.8. The molecule has 3 saturated heterocycles. The second kappa shape index (κ2) is 10.2. The number of hydrogen-bond donors (Lipinski definition) is 1. The Morgan fingerprint density at radius 1 is 1.26 bits per heavy atom. The molecular weight excluding hydrogens is 484 g/mol. The van der Waals surface area contributed by atoms with Gasteiger partial charge in [0, 0.05) is 12.2 Å². The van der Waals surface area contributed by atoms with E-state index in [2.05, 4.69) is 6.58 Å². The molecule has 3 heterocycles. The number of amides is 2. The van der Waals surface area contributed by atoms with Gasteiger partial charge >= 0.3 is 5.97 Å². The fraction of sp³-hybridized carbons (Fsp3) is 0.500. The van der Waals surface area contributed by atoms with Crippen LogP contribution in [0.4, 0.5) is 5.69 Å². The van der Waals surface area contributed by atoms with E-state index in [-0.39, 0.29) is 37.5 Å². The summed E-state index contributed by atoms with van der Waals surface area (Å²) < 4.78 is 11.8. The van der Waals surface area contributed by atoms with Gasteiger partial charge in [0.2, 0.25) is 5.91 Å². The molecule has 0 radical (unpaired) electrons. The van der Waals surface area contributed by atoms with Crippen LogP contribution in [0.3, 0.4) is 0 Å². The number of carbonyl (C=O) groups excluding carboxylic acids is 3. The highest BCUT2D eigenvalue weighted by Gasteiger charge is 2.75. The molecule has 3 aliphatic heterocycles. The number of hydrogen-bond acceptors (Lipinski definition) is 6. The van der Waals surface area contributed by atoms with Crippen LogP contribution in [0.5, 0.6) is 0 Å². The molecular formula is C30H36N2O6. The van der Waals surface area contributed by atoms with Crippen molar-refractivity contribution >= 4 is 34.2 Å². The minimum Gasteiger partial charge on any atom is -0.466 e. The fourth-order valence-corrected chi connectivity index (χ4v) is 6.80. The van der Waals surface area contributed by atoms with Gasteiger partial charge in [-0.2, -0.15) is 0 Å². The highest BCUT2D eigenvalue weighted by molar-refractivity contribution is 6.05. The van der Waals surface area contributed by atoms with Gasteiger partial charge in [-0.25, -0.2) is 0 Å². The Hall–Kier alpha value is -3.23. The second-order valence-corrected chi connectivity index (χ2v) is 10.8. The lowest BCUT2D eigenvalue weighted by Gasteiger charge is -2.40. The first-order chi connectivity index (χ1) is 18.3. The predicted molar refractivity (Wildman–Crippen MR) is 143 cm³/mol. The molecule has 1 N–H and O–H groups in total. The zero-order chi connectivity index (χ0) is 27.2. The summed E-state index contributed by atoms with van der Waals surface area (Å²) in [5.74, 6) is -2.82. The SMILES string of the molecule is C=CCN(C(=O)[C@@H]1N([C@@H](CO)C(C)C)C(=O)[C@H]2[C@H](C(=O)OCC)[C@@H]3CC[C@]12O3)c1ccc2ccccc2c1. The summed E-state index contributed by atoms with van der Waals surface area (Å²) in [6.07, 6.45) is 2.23. The zero-order valence-corrected chi connectivity index (χ0v) is 22.2. The van der Waals surface area contributed by atoms with Crippen molar-refractivity contribution in [3.8, 4) is 0 Å².